The minimum absolute atomic E-state index is 0.0214. The molecule has 2 atom stereocenters. The largest absolute Gasteiger partial charge is 0.469 e. The average molecular weight is 422 g/mol. The molecule has 9 heteroatoms. The molecule has 0 spiro atoms. The zero-order chi connectivity index (χ0) is 17.9. The number of aromatic nitrogens is 5. The van der Waals surface area contributed by atoms with Crippen LogP contribution in [0.15, 0.2) is 15.5 Å². The van der Waals surface area contributed by atoms with Crippen molar-refractivity contribution in [2.75, 3.05) is 7.11 Å². The SMILES string of the molecule is COC(=O)Cc1nnc(C23CC4CC(C2)CC(n2cnc(Br)n2)(C4)C3)o1. The molecule has 2 heterocycles. The molecule has 138 valence electrons. The summed E-state index contributed by atoms with van der Waals surface area (Å²) in [5.74, 6) is 1.91. The fraction of sp³-hybridized carbons (Fsp3) is 0.706. The van der Waals surface area contributed by atoms with E-state index in [4.69, 9.17) is 9.15 Å². The van der Waals surface area contributed by atoms with Gasteiger partial charge >= 0.3 is 5.97 Å². The Kier molecular flexibility index (Phi) is 3.54. The maximum Gasteiger partial charge on any atom is 0.315 e. The number of hydrogen-bond acceptors (Lipinski definition) is 7. The van der Waals surface area contributed by atoms with Crippen molar-refractivity contribution < 1.29 is 13.9 Å². The van der Waals surface area contributed by atoms with Crippen LogP contribution >= 0.6 is 15.9 Å². The molecular weight excluding hydrogens is 402 g/mol. The topological polar surface area (TPSA) is 95.9 Å². The number of halogens is 1. The number of esters is 1. The first-order valence-electron chi connectivity index (χ1n) is 8.98. The molecule has 0 aliphatic heterocycles. The molecule has 2 aromatic rings. The smallest absolute Gasteiger partial charge is 0.315 e. The summed E-state index contributed by atoms with van der Waals surface area (Å²) in [5, 5.41) is 13.0. The van der Waals surface area contributed by atoms with Crippen LogP contribution in [0.3, 0.4) is 0 Å². The third-order valence-electron chi connectivity index (χ3n) is 6.42. The maximum atomic E-state index is 11.5. The molecule has 0 saturated heterocycles. The lowest BCUT2D eigenvalue weighted by atomic mass is 9.47. The quantitative estimate of drug-likeness (QED) is 0.698. The Morgan fingerprint density at radius 1 is 1.35 bits per heavy atom. The Hall–Kier alpha value is -1.77. The van der Waals surface area contributed by atoms with Crippen LogP contribution in [0.25, 0.3) is 0 Å². The van der Waals surface area contributed by atoms with E-state index in [-0.39, 0.29) is 23.3 Å². The predicted octanol–water partition coefficient (Wildman–Crippen LogP) is 2.39. The average Bonchev–Trinajstić information content (AvgIpc) is 3.23. The summed E-state index contributed by atoms with van der Waals surface area (Å²) in [6.45, 7) is 0. The van der Waals surface area contributed by atoms with Gasteiger partial charge in [-0.1, -0.05) is 0 Å². The van der Waals surface area contributed by atoms with Gasteiger partial charge in [0.05, 0.1) is 18.1 Å². The zero-order valence-corrected chi connectivity index (χ0v) is 16.1. The molecule has 0 N–H and O–H groups in total. The van der Waals surface area contributed by atoms with Gasteiger partial charge in [0.15, 0.2) is 0 Å². The molecule has 4 bridgehead atoms. The standard InChI is InChI=1S/C17H20BrN5O3/c1-25-13(24)3-12-20-21-14(26-12)16-4-10-2-11(5-16)7-17(6-10,8-16)23-9-19-15(18)22-23/h9-11H,2-8H2,1H3. The van der Waals surface area contributed by atoms with Crippen LogP contribution in [0.1, 0.15) is 50.3 Å². The van der Waals surface area contributed by atoms with Gasteiger partial charge in [-0.3, -0.25) is 4.79 Å². The number of carbonyl (C=O) groups excluding carboxylic acids is 1. The highest BCUT2D eigenvalue weighted by atomic mass is 79.9. The number of ether oxygens (including phenoxy) is 1. The van der Waals surface area contributed by atoms with Gasteiger partial charge in [0.1, 0.15) is 12.7 Å². The van der Waals surface area contributed by atoms with Crippen LogP contribution in [0.4, 0.5) is 0 Å². The minimum atomic E-state index is -0.366. The van der Waals surface area contributed by atoms with Crippen molar-refractivity contribution in [2.45, 2.75) is 55.9 Å². The summed E-state index contributed by atoms with van der Waals surface area (Å²) in [6, 6.07) is 0. The lowest BCUT2D eigenvalue weighted by Gasteiger charge is -2.60. The molecule has 26 heavy (non-hydrogen) atoms. The minimum Gasteiger partial charge on any atom is -0.469 e. The summed E-state index contributed by atoms with van der Waals surface area (Å²) in [6.07, 6.45) is 8.45. The Labute approximate surface area is 158 Å². The van der Waals surface area contributed by atoms with Crippen LogP contribution in [0.2, 0.25) is 0 Å². The number of rotatable bonds is 4. The molecule has 6 rings (SSSR count). The molecule has 4 saturated carbocycles. The van der Waals surface area contributed by atoms with Crippen molar-refractivity contribution in [3.63, 3.8) is 0 Å². The van der Waals surface area contributed by atoms with Crippen molar-refractivity contribution in [1.29, 1.82) is 0 Å². The van der Waals surface area contributed by atoms with E-state index in [0.29, 0.717) is 28.4 Å². The van der Waals surface area contributed by atoms with E-state index < -0.39 is 0 Å². The van der Waals surface area contributed by atoms with Gasteiger partial charge < -0.3 is 9.15 Å². The Morgan fingerprint density at radius 2 is 2.12 bits per heavy atom. The molecule has 4 aliphatic carbocycles. The van der Waals surface area contributed by atoms with Crippen LogP contribution in [0, 0.1) is 11.8 Å². The van der Waals surface area contributed by atoms with E-state index in [9.17, 15) is 4.79 Å². The van der Waals surface area contributed by atoms with Gasteiger partial charge in [-0.2, -0.15) is 0 Å². The van der Waals surface area contributed by atoms with Crippen molar-refractivity contribution in [1.82, 2.24) is 25.0 Å². The summed E-state index contributed by atoms with van der Waals surface area (Å²) in [7, 11) is 1.36. The highest BCUT2D eigenvalue weighted by Crippen LogP contribution is 2.64. The molecule has 4 aliphatic rings. The number of methoxy groups -OCH3 is 1. The zero-order valence-electron chi connectivity index (χ0n) is 14.5. The summed E-state index contributed by atoms with van der Waals surface area (Å²) >= 11 is 3.38. The Balaban J connectivity index is 1.50. The van der Waals surface area contributed by atoms with E-state index in [1.165, 1.54) is 13.5 Å². The number of carbonyl (C=O) groups is 1. The van der Waals surface area contributed by atoms with Crippen LogP contribution in [0.5, 0.6) is 0 Å². The highest BCUT2D eigenvalue weighted by Gasteiger charge is 2.61. The van der Waals surface area contributed by atoms with E-state index in [1.54, 1.807) is 0 Å². The third-order valence-corrected chi connectivity index (χ3v) is 6.79. The number of nitrogens with zero attached hydrogens (tertiary/aromatic N) is 5. The van der Waals surface area contributed by atoms with Crippen molar-refractivity contribution in [2.24, 2.45) is 11.8 Å². The molecule has 0 radical (unpaired) electrons. The van der Waals surface area contributed by atoms with Gasteiger partial charge in [-0.15, -0.1) is 15.3 Å². The second-order valence-electron chi connectivity index (χ2n) is 8.18. The van der Waals surface area contributed by atoms with Gasteiger partial charge in [0.2, 0.25) is 16.5 Å². The lowest BCUT2D eigenvalue weighted by molar-refractivity contribution is -0.140. The van der Waals surface area contributed by atoms with E-state index >= 15 is 0 Å². The molecule has 0 aromatic carbocycles. The monoisotopic (exact) mass is 421 g/mol. The molecule has 0 amide bonds. The lowest BCUT2D eigenvalue weighted by Crippen LogP contribution is -2.58. The van der Waals surface area contributed by atoms with Crippen molar-refractivity contribution in [3.8, 4) is 0 Å². The molecule has 2 unspecified atom stereocenters. The van der Waals surface area contributed by atoms with E-state index in [0.717, 1.165) is 32.1 Å². The van der Waals surface area contributed by atoms with Crippen LogP contribution in [-0.2, 0) is 26.9 Å². The number of hydrogen-bond donors (Lipinski definition) is 0. The Bertz CT molecular complexity index is 848. The maximum absolute atomic E-state index is 11.5. The molecule has 8 nitrogen and oxygen atoms in total. The third kappa shape index (κ3) is 2.43. The predicted molar refractivity (Wildman–Crippen MR) is 92.1 cm³/mol. The van der Waals surface area contributed by atoms with Gasteiger partial charge in [0, 0.05) is 0 Å². The first kappa shape index (κ1) is 16.4. The summed E-state index contributed by atoms with van der Waals surface area (Å²) in [5.41, 5.74) is -0.149. The summed E-state index contributed by atoms with van der Waals surface area (Å²) < 4.78 is 13.3. The van der Waals surface area contributed by atoms with Crippen LogP contribution < -0.4 is 0 Å². The van der Waals surface area contributed by atoms with Gasteiger partial charge in [0.25, 0.3) is 0 Å². The molecular formula is C17H20BrN5O3. The van der Waals surface area contributed by atoms with E-state index in [1.807, 2.05) is 6.33 Å². The van der Waals surface area contributed by atoms with Gasteiger partial charge in [-0.25, -0.2) is 9.67 Å². The second-order valence-corrected chi connectivity index (χ2v) is 8.89. The van der Waals surface area contributed by atoms with Crippen molar-refractivity contribution >= 4 is 21.9 Å². The van der Waals surface area contributed by atoms with Gasteiger partial charge in [-0.05, 0) is 66.3 Å². The second kappa shape index (κ2) is 5.61. The van der Waals surface area contributed by atoms with Crippen molar-refractivity contribution in [3.05, 3.63) is 22.8 Å². The summed E-state index contributed by atoms with van der Waals surface area (Å²) in [4.78, 5) is 15.8. The Morgan fingerprint density at radius 3 is 2.77 bits per heavy atom. The first-order chi connectivity index (χ1) is 12.5. The van der Waals surface area contributed by atoms with Crippen LogP contribution in [-0.4, -0.2) is 38.0 Å². The molecule has 4 fully saturated rings. The normalized spacial score (nSPS) is 35.0. The first-order valence-corrected chi connectivity index (χ1v) is 9.77. The fourth-order valence-corrected chi connectivity index (χ4v) is 6.20. The molecule has 2 aromatic heterocycles. The van der Waals surface area contributed by atoms with E-state index in [2.05, 4.69) is 40.9 Å². The highest BCUT2D eigenvalue weighted by molar-refractivity contribution is 9.10. The fourth-order valence-electron chi connectivity index (χ4n) is 5.94.